The molecule has 2 aliphatic heterocycles. The molecule has 0 aliphatic carbocycles. The summed E-state index contributed by atoms with van der Waals surface area (Å²) in [5, 5.41) is 22.5. The number of ether oxygens (including phenoxy) is 2. The number of nitrogens with one attached hydrogen (secondary N) is 2. The molecule has 9 aromatic rings. The van der Waals surface area contributed by atoms with Crippen LogP contribution in [0, 0.1) is 73.4 Å². The zero-order valence-corrected chi connectivity index (χ0v) is 71.2. The number of urea groups is 2. The van der Waals surface area contributed by atoms with Crippen LogP contribution in [-0.4, -0.2) is 108 Å². The number of alkyl carbamates (subject to hydrolysis) is 1. The Bertz CT molecular complexity index is 4850. The van der Waals surface area contributed by atoms with Crippen LogP contribution in [0.25, 0.3) is 22.2 Å². The molecule has 4 unspecified atom stereocenters. The second kappa shape index (κ2) is 45.0. The van der Waals surface area contributed by atoms with Gasteiger partial charge in [-0.05, 0) is 214 Å². The maximum Gasteiger partial charge on any atom is 0.419 e. The van der Waals surface area contributed by atoms with Crippen molar-refractivity contribution in [3.63, 3.8) is 0 Å². The van der Waals surface area contributed by atoms with Crippen molar-refractivity contribution in [3.8, 4) is 11.1 Å². The van der Waals surface area contributed by atoms with Crippen LogP contribution < -0.4 is 27.0 Å². The monoisotopic (exact) mass is 2050 g/mol. The van der Waals surface area contributed by atoms with Crippen molar-refractivity contribution in [2.24, 2.45) is 12.8 Å². The van der Waals surface area contributed by atoms with Gasteiger partial charge in [0, 0.05) is 147 Å². The topological polar surface area (TPSA) is 295 Å². The first kappa shape index (κ1) is 101. The van der Waals surface area contributed by atoms with Crippen LogP contribution in [-0.2, 0) is 98.4 Å². The van der Waals surface area contributed by atoms with E-state index in [1.54, 1.807) is 84.5 Å². The number of carbonyl (C=O) groups excluding carboxylic acids is 5. The number of nitrogens with zero attached hydrogens (tertiary/aromatic N) is 6. The van der Waals surface area contributed by atoms with Crippen LogP contribution >= 0.6 is 38.5 Å². The summed E-state index contributed by atoms with van der Waals surface area (Å²) in [7, 11) is 1.78. The summed E-state index contributed by atoms with van der Waals surface area (Å²) < 4.78 is 174. The van der Waals surface area contributed by atoms with Crippen molar-refractivity contribution in [1.29, 1.82) is 0 Å². The van der Waals surface area contributed by atoms with Crippen LogP contribution in [0.3, 0.4) is 0 Å². The van der Waals surface area contributed by atoms with E-state index in [1.165, 1.54) is 28.3 Å². The average Bonchev–Trinajstić information content (AvgIpc) is 1.62. The molecule has 6 amide bonds. The van der Waals surface area contributed by atoms with Crippen LogP contribution in [0.15, 0.2) is 144 Å². The summed E-state index contributed by atoms with van der Waals surface area (Å²) in [6.07, 6.45) is 0.509. The van der Waals surface area contributed by atoms with E-state index in [-0.39, 0.29) is 151 Å². The molecule has 2 fully saturated rings. The Kier molecular flexibility index (Phi) is 40.1. The predicted octanol–water partition coefficient (Wildman–Crippen LogP) is 17.6. The van der Waals surface area contributed by atoms with Crippen molar-refractivity contribution in [2.75, 3.05) is 30.3 Å². The van der Waals surface area contributed by atoms with Gasteiger partial charge in [0.25, 0.3) is 0 Å². The van der Waals surface area contributed by atoms with E-state index in [0.29, 0.717) is 26.8 Å². The Labute approximate surface area is 714 Å². The van der Waals surface area contributed by atoms with Gasteiger partial charge in [-0.25, -0.2) is 86.7 Å². The molecule has 2 aliphatic rings. The minimum atomic E-state index is -1.26. The van der Waals surface area contributed by atoms with Crippen LogP contribution in [0.4, 0.5) is 83.4 Å². The quantitative estimate of drug-likeness (QED) is 0.0271. The largest absolute Gasteiger partial charge is 0.481 e. The van der Waals surface area contributed by atoms with Gasteiger partial charge in [0.05, 0.1) is 52.9 Å². The minimum Gasteiger partial charge on any atom is -0.481 e. The fourth-order valence-electron chi connectivity index (χ4n) is 10.4. The number of amides is 6. The molecule has 0 bridgehead atoms. The SMILES string of the molecule is C.CC(C)(C)OC(=O)N1C(=O)NCC1c1cc(F)ccc1F.CC(C)(C)OC(=O)NC(CC(=O)O)c1cc(F)ccc1F.CCN1C(=O)N(c2ccc(-c3cn(C)c4ncnc(N)c34)c(F)c2)CC1c1cc(F)ccc1F.Fc1cc(I)ccc1Br.NC(CC(=O)O)c1cc(F)ccc1F.O=Cc1cc(F)ccc1F.[V].[W].[Y]. The van der Waals surface area contributed by atoms with Gasteiger partial charge in [0.1, 0.15) is 98.8 Å². The smallest absolute Gasteiger partial charge is 0.419 e. The first-order valence-corrected chi connectivity index (χ1v) is 34.1. The number of benzene rings is 7. The number of nitrogens with two attached hydrogens (primary N) is 2. The molecule has 113 heavy (non-hydrogen) atoms. The Morgan fingerprint density at radius 3 is 1.66 bits per heavy atom. The van der Waals surface area contributed by atoms with Crippen molar-refractivity contribution in [3.05, 3.63) is 246 Å². The van der Waals surface area contributed by atoms with Crippen LogP contribution in [0.2, 0.25) is 0 Å². The molecule has 0 saturated carbocycles. The van der Waals surface area contributed by atoms with E-state index in [4.69, 9.17) is 31.2 Å². The van der Waals surface area contributed by atoms with Gasteiger partial charge in [0.2, 0.25) is 0 Å². The summed E-state index contributed by atoms with van der Waals surface area (Å²) in [6.45, 7) is 11.9. The average molecular weight is 2050 g/mol. The second-order valence-electron chi connectivity index (χ2n) is 25.5. The summed E-state index contributed by atoms with van der Waals surface area (Å²) in [5.74, 6) is -9.65. The number of likely N-dealkylation sites (N-methyl/N-ethyl adjacent to an activating group) is 1. The fourth-order valence-corrected chi connectivity index (χ4v) is 11.1. The molecule has 602 valence electrons. The molecular formula is C75H74BrF12IN10O11VWY. The summed E-state index contributed by atoms with van der Waals surface area (Å²) in [6, 6.07) is 18.6. The third-order valence-corrected chi connectivity index (χ3v) is 16.5. The van der Waals surface area contributed by atoms with Crippen LogP contribution in [0.5, 0.6) is 0 Å². The van der Waals surface area contributed by atoms with Gasteiger partial charge in [-0.3, -0.25) is 19.3 Å². The van der Waals surface area contributed by atoms with E-state index >= 15 is 4.39 Å². The van der Waals surface area contributed by atoms with Gasteiger partial charge in [-0.1, -0.05) is 7.43 Å². The summed E-state index contributed by atoms with van der Waals surface area (Å²) in [4.78, 5) is 91.5. The molecule has 11 rings (SSSR count). The fraction of sp³-hybridized carbons (Fsp3) is 0.267. The number of anilines is 2. The number of carbonyl (C=O) groups is 7. The number of rotatable bonds is 13. The molecule has 21 nitrogen and oxygen atoms in total. The van der Waals surface area contributed by atoms with E-state index < -0.39 is 148 Å². The van der Waals surface area contributed by atoms with Gasteiger partial charge < -0.3 is 51.3 Å². The molecule has 7 aromatic carbocycles. The third kappa shape index (κ3) is 29.1. The van der Waals surface area contributed by atoms with Gasteiger partial charge in [-0.15, -0.1) is 0 Å². The van der Waals surface area contributed by atoms with E-state index in [1.807, 2.05) is 6.07 Å². The Morgan fingerprint density at radius 1 is 0.664 bits per heavy atom. The van der Waals surface area contributed by atoms with E-state index in [9.17, 15) is 81.9 Å². The van der Waals surface area contributed by atoms with Crippen LogP contribution in [0.1, 0.15) is 126 Å². The molecule has 0 spiro atoms. The maximum atomic E-state index is 15.3. The van der Waals surface area contributed by atoms with E-state index in [2.05, 4.69) is 59.1 Å². The number of hydrogen-bond acceptors (Lipinski definition) is 13. The maximum absolute atomic E-state index is 15.3. The molecule has 38 heteroatoms. The van der Waals surface area contributed by atoms with Gasteiger partial charge in [-0.2, -0.15) is 0 Å². The predicted molar refractivity (Wildman–Crippen MR) is 395 cm³/mol. The Balaban J connectivity index is 0.000000484. The number of halogens is 14. The first-order valence-electron chi connectivity index (χ1n) is 32.2. The van der Waals surface area contributed by atoms with Crippen molar-refractivity contribution < 1.29 is 178 Å². The Hall–Kier alpha value is -8.44. The molecule has 2 aromatic heterocycles. The zero-order chi connectivity index (χ0) is 81.3. The third-order valence-electron chi connectivity index (χ3n) is 15.2. The van der Waals surface area contributed by atoms with E-state index in [0.717, 1.165) is 99.5 Å². The first-order chi connectivity index (χ1) is 51.0. The molecule has 2 radical (unpaired) electrons. The number of hydrogen-bond donors (Lipinski definition) is 6. The number of aldehydes is 1. The van der Waals surface area contributed by atoms with Gasteiger partial charge in [0.15, 0.2) is 6.29 Å². The summed E-state index contributed by atoms with van der Waals surface area (Å²) in [5.41, 5.74) is 10.9. The molecule has 4 heterocycles. The van der Waals surface area contributed by atoms with Crippen molar-refractivity contribution in [2.45, 2.75) is 104 Å². The standard InChI is InChI=1S/C24H21F3N6O.C14H16F2N2O3.C14H17F2NO4.C9H9F2NO2.C7H4F2O.C6H3BrFI.CH4.V.W.Y/c1-3-32-20(16-8-13(25)4-7-18(16)26)11-33(24(32)34)14-5-6-15(19(27)9-14)17-10-31(2)23-21(17)22(28)29-12-30-23;1-14(2,3)21-13(20)18-11(7-17-12(18)19)9-6-8(15)4-5-10(9)16;1-14(2,3)21-13(20)17-11(7-12(18)19)9-6-8(15)4-5-10(9)16;10-5-1-2-7(11)6(3-5)8(12)4-9(13)14;8-6-1-2-7(9)5(3-6)4-10;7-5-2-1-4(9)3-6(5)8;;;;/h4-10,12,20H,3,11H2,1-2H3,(H2,28,29,30);4-6,11H,7H2,1-3H3,(H,17,19);4-6,11H,7H2,1-3H3,(H,17,20)(H,18,19);1-3,8H,4,12H2,(H,13,14);1-4H;1-3H;1H4;;;. The second-order valence-corrected chi connectivity index (χ2v) is 27.6. The number of aromatic nitrogens is 3. The number of fused-ring (bicyclic) bond motifs is 1. The minimum absolute atomic E-state index is 0. The van der Waals surface area contributed by atoms with Crippen molar-refractivity contribution >= 4 is 104 Å². The molecular weight excluding hydrogens is 1980 g/mol. The number of carboxylic acids is 2. The summed E-state index contributed by atoms with van der Waals surface area (Å²) >= 11 is 5.11. The molecule has 4 atom stereocenters. The molecule has 8 N–H and O–H groups in total. The number of imide groups is 1. The Morgan fingerprint density at radius 2 is 1.17 bits per heavy atom. The number of nitrogen functional groups attached to an aromatic ring is 1. The normalized spacial score (nSPS) is 13.8. The van der Waals surface area contributed by atoms with Gasteiger partial charge >= 0.3 is 36.2 Å². The zero-order valence-electron chi connectivity index (χ0n) is 60.3. The molecule has 2 saturated heterocycles. The number of aliphatic carboxylic acids is 2. The number of carboxylic acid groups (broad SMARTS) is 2. The van der Waals surface area contributed by atoms with Crippen molar-refractivity contribution in [1.82, 2.24) is 35.0 Å². The number of aryl methyl sites for hydroxylation is 1.